The monoisotopic (exact) mass is 290 g/mol. The Bertz CT molecular complexity index is 398. The highest BCUT2D eigenvalue weighted by Gasteiger charge is 2.20. The average Bonchev–Trinajstić information content (AvgIpc) is 3.00. The van der Waals surface area contributed by atoms with E-state index in [-0.39, 0.29) is 6.04 Å². The summed E-state index contributed by atoms with van der Waals surface area (Å²) >= 11 is 0. The number of ether oxygens (including phenoxy) is 1. The number of aryl methyl sites for hydroxylation is 1. The van der Waals surface area contributed by atoms with E-state index in [0.29, 0.717) is 6.10 Å². The number of hydrogen-bond donors (Lipinski definition) is 1. The summed E-state index contributed by atoms with van der Waals surface area (Å²) in [6.07, 6.45) is 5.14. The van der Waals surface area contributed by atoms with Crippen molar-refractivity contribution in [3.63, 3.8) is 0 Å². The quantitative estimate of drug-likeness (QED) is 0.799. The van der Waals surface area contributed by atoms with E-state index in [9.17, 15) is 0 Å². The molecule has 1 heterocycles. The van der Waals surface area contributed by atoms with Crippen LogP contribution >= 0.6 is 0 Å². The molecular weight excluding hydrogens is 260 g/mol. The lowest BCUT2D eigenvalue weighted by molar-refractivity contribution is 0.0729. The first-order valence-corrected chi connectivity index (χ1v) is 8.41. The maximum Gasteiger partial charge on any atom is 0.0702 e. The molecule has 3 nitrogen and oxygen atoms in total. The van der Waals surface area contributed by atoms with Crippen LogP contribution in [0.1, 0.15) is 50.3 Å². The topological polar surface area (TPSA) is 38.5 Å². The van der Waals surface area contributed by atoms with Crippen molar-refractivity contribution in [3.05, 3.63) is 35.4 Å². The zero-order valence-corrected chi connectivity index (χ0v) is 13.6. The molecule has 0 radical (unpaired) electrons. The molecule has 1 fully saturated rings. The van der Waals surface area contributed by atoms with Crippen LogP contribution in [0.2, 0.25) is 0 Å². The molecule has 21 heavy (non-hydrogen) atoms. The van der Waals surface area contributed by atoms with Crippen LogP contribution in [0, 0.1) is 0 Å². The van der Waals surface area contributed by atoms with Crippen LogP contribution in [0.5, 0.6) is 0 Å². The van der Waals surface area contributed by atoms with Gasteiger partial charge in [0.05, 0.1) is 6.10 Å². The molecule has 0 aliphatic carbocycles. The third-order valence-corrected chi connectivity index (χ3v) is 4.33. The summed E-state index contributed by atoms with van der Waals surface area (Å²) in [5.74, 6) is 0. The molecule has 118 valence electrons. The van der Waals surface area contributed by atoms with Crippen molar-refractivity contribution in [2.45, 2.75) is 51.7 Å². The van der Waals surface area contributed by atoms with E-state index in [0.717, 1.165) is 32.7 Å². The van der Waals surface area contributed by atoms with E-state index in [1.54, 1.807) is 0 Å². The van der Waals surface area contributed by atoms with E-state index < -0.39 is 0 Å². The van der Waals surface area contributed by atoms with Gasteiger partial charge in [0.15, 0.2) is 0 Å². The van der Waals surface area contributed by atoms with Crippen molar-refractivity contribution in [2.75, 3.05) is 26.2 Å². The molecule has 0 amide bonds. The van der Waals surface area contributed by atoms with Crippen LogP contribution in [-0.2, 0) is 11.2 Å². The number of rotatable bonds is 8. The lowest BCUT2D eigenvalue weighted by Gasteiger charge is -2.26. The summed E-state index contributed by atoms with van der Waals surface area (Å²) in [5.41, 5.74) is 9.03. The first kappa shape index (κ1) is 16.5. The van der Waals surface area contributed by atoms with Gasteiger partial charge in [-0.05, 0) is 36.9 Å². The van der Waals surface area contributed by atoms with Crippen LogP contribution in [0.15, 0.2) is 24.3 Å². The zero-order valence-electron chi connectivity index (χ0n) is 13.6. The predicted octanol–water partition coefficient (Wildman–Crippen LogP) is 3.14. The van der Waals surface area contributed by atoms with Gasteiger partial charge in [0.25, 0.3) is 0 Å². The van der Waals surface area contributed by atoms with E-state index in [2.05, 4.69) is 43.0 Å². The van der Waals surface area contributed by atoms with E-state index >= 15 is 0 Å². The molecule has 0 bridgehead atoms. The Kier molecular flexibility index (Phi) is 6.68. The fraction of sp³-hybridized carbons (Fsp3) is 0.667. The maximum absolute atomic E-state index is 6.39. The highest BCUT2D eigenvalue weighted by molar-refractivity contribution is 5.25. The summed E-state index contributed by atoms with van der Waals surface area (Å²) in [5, 5.41) is 0. The van der Waals surface area contributed by atoms with Gasteiger partial charge in [0.1, 0.15) is 0 Å². The van der Waals surface area contributed by atoms with Crippen molar-refractivity contribution in [2.24, 2.45) is 5.73 Å². The summed E-state index contributed by atoms with van der Waals surface area (Å²) in [6.45, 7) is 8.28. The van der Waals surface area contributed by atoms with Crippen molar-refractivity contribution >= 4 is 0 Å². The molecular formula is C18H30N2O. The van der Waals surface area contributed by atoms with Crippen LogP contribution in [-0.4, -0.2) is 37.2 Å². The molecule has 3 heteroatoms. The van der Waals surface area contributed by atoms with Crippen molar-refractivity contribution in [1.82, 2.24) is 4.90 Å². The molecule has 2 rings (SSSR count). The Morgan fingerprint density at radius 2 is 2.05 bits per heavy atom. The van der Waals surface area contributed by atoms with E-state index in [1.807, 2.05) is 0 Å². The van der Waals surface area contributed by atoms with Crippen LogP contribution in [0.3, 0.4) is 0 Å². The van der Waals surface area contributed by atoms with E-state index in [1.165, 1.54) is 30.4 Å². The lowest BCUT2D eigenvalue weighted by Crippen LogP contribution is -2.37. The molecule has 2 unspecified atom stereocenters. The second-order valence-corrected chi connectivity index (χ2v) is 6.09. The van der Waals surface area contributed by atoms with Crippen molar-refractivity contribution < 1.29 is 4.74 Å². The summed E-state index contributed by atoms with van der Waals surface area (Å²) in [4.78, 5) is 2.42. The summed E-state index contributed by atoms with van der Waals surface area (Å²) < 4.78 is 5.73. The Hall–Kier alpha value is -0.900. The number of nitrogens with two attached hydrogens (primary N) is 1. The largest absolute Gasteiger partial charge is 0.377 e. The first-order chi connectivity index (χ1) is 10.2. The third-order valence-electron chi connectivity index (χ3n) is 4.33. The average molecular weight is 290 g/mol. The molecule has 1 aliphatic heterocycles. The van der Waals surface area contributed by atoms with Crippen molar-refractivity contribution in [3.8, 4) is 0 Å². The van der Waals surface area contributed by atoms with Gasteiger partial charge >= 0.3 is 0 Å². The minimum atomic E-state index is 0.0852. The van der Waals surface area contributed by atoms with Gasteiger partial charge < -0.3 is 10.5 Å². The number of hydrogen-bond acceptors (Lipinski definition) is 3. The van der Waals surface area contributed by atoms with Crippen LogP contribution in [0.25, 0.3) is 0 Å². The molecule has 2 atom stereocenters. The molecule has 0 aromatic heterocycles. The third kappa shape index (κ3) is 5.10. The maximum atomic E-state index is 6.39. The smallest absolute Gasteiger partial charge is 0.0702 e. The van der Waals surface area contributed by atoms with E-state index in [4.69, 9.17) is 10.5 Å². The second kappa shape index (κ2) is 8.52. The van der Waals surface area contributed by atoms with Gasteiger partial charge in [-0.1, -0.05) is 44.5 Å². The molecule has 1 saturated heterocycles. The first-order valence-electron chi connectivity index (χ1n) is 8.41. The molecule has 0 spiro atoms. The Morgan fingerprint density at radius 3 is 2.62 bits per heavy atom. The summed E-state index contributed by atoms with van der Waals surface area (Å²) in [6, 6.07) is 8.90. The highest BCUT2D eigenvalue weighted by Crippen LogP contribution is 2.17. The Balaban J connectivity index is 1.86. The Morgan fingerprint density at radius 1 is 1.29 bits per heavy atom. The fourth-order valence-corrected chi connectivity index (χ4v) is 3.01. The molecule has 0 saturated carbocycles. The molecule has 1 aliphatic rings. The van der Waals surface area contributed by atoms with Gasteiger partial charge in [-0.15, -0.1) is 0 Å². The zero-order chi connectivity index (χ0) is 15.1. The second-order valence-electron chi connectivity index (χ2n) is 6.09. The minimum Gasteiger partial charge on any atom is -0.377 e. The number of nitrogens with zero attached hydrogens (tertiary/aromatic N) is 1. The van der Waals surface area contributed by atoms with Crippen LogP contribution in [0.4, 0.5) is 0 Å². The van der Waals surface area contributed by atoms with Gasteiger partial charge in [-0.25, -0.2) is 0 Å². The SMILES string of the molecule is CCCc1ccc(C(N)CN(CC)CC2CCCO2)cc1. The Labute approximate surface area is 129 Å². The predicted molar refractivity (Wildman–Crippen MR) is 88.5 cm³/mol. The normalized spacial score (nSPS) is 20.1. The molecule has 1 aromatic rings. The molecule has 2 N–H and O–H groups in total. The summed E-state index contributed by atoms with van der Waals surface area (Å²) in [7, 11) is 0. The number of likely N-dealkylation sites (N-methyl/N-ethyl adjacent to an activating group) is 1. The minimum absolute atomic E-state index is 0.0852. The van der Waals surface area contributed by atoms with Gasteiger partial charge in [0, 0.05) is 25.7 Å². The van der Waals surface area contributed by atoms with Gasteiger partial charge in [-0.2, -0.15) is 0 Å². The van der Waals surface area contributed by atoms with Gasteiger partial charge in [-0.3, -0.25) is 4.90 Å². The van der Waals surface area contributed by atoms with Gasteiger partial charge in [0.2, 0.25) is 0 Å². The van der Waals surface area contributed by atoms with Crippen LogP contribution < -0.4 is 5.73 Å². The fourth-order valence-electron chi connectivity index (χ4n) is 3.01. The lowest BCUT2D eigenvalue weighted by atomic mass is 10.0. The number of benzene rings is 1. The van der Waals surface area contributed by atoms with Crippen molar-refractivity contribution in [1.29, 1.82) is 0 Å². The highest BCUT2D eigenvalue weighted by atomic mass is 16.5. The standard InChI is InChI=1S/C18H30N2O/c1-3-6-15-8-10-16(11-9-15)18(19)14-20(4-2)13-17-7-5-12-21-17/h8-11,17-18H,3-7,12-14,19H2,1-2H3. The molecule has 1 aromatic carbocycles.